The zero-order chi connectivity index (χ0) is 16.4. The molecule has 1 amide bonds. The van der Waals surface area contributed by atoms with Gasteiger partial charge in [-0.15, -0.1) is 0 Å². The van der Waals surface area contributed by atoms with E-state index in [9.17, 15) is 4.79 Å². The van der Waals surface area contributed by atoms with Crippen LogP contribution in [0.25, 0.3) is 22.2 Å². The smallest absolute Gasteiger partial charge is 0.265 e. The van der Waals surface area contributed by atoms with Gasteiger partial charge in [0.05, 0.1) is 5.39 Å². The summed E-state index contributed by atoms with van der Waals surface area (Å²) in [5.41, 5.74) is 5.32. The molecule has 24 heavy (non-hydrogen) atoms. The first-order chi connectivity index (χ1) is 11.8. The van der Waals surface area contributed by atoms with Crippen LogP contribution in [0.4, 0.5) is 0 Å². The summed E-state index contributed by atoms with van der Waals surface area (Å²) in [4.78, 5) is 12.5. The highest BCUT2D eigenvalue weighted by Crippen LogP contribution is 2.29. The normalized spacial score (nSPS) is 15.5. The fourth-order valence-corrected chi connectivity index (χ4v) is 3.09. The Morgan fingerprint density at radius 3 is 2.62 bits per heavy atom. The van der Waals surface area contributed by atoms with Crippen molar-refractivity contribution < 1.29 is 9.32 Å². The third-order valence-corrected chi connectivity index (χ3v) is 4.39. The maximum atomic E-state index is 12.5. The van der Waals surface area contributed by atoms with Gasteiger partial charge in [0.2, 0.25) is 0 Å². The molecule has 0 aliphatic carbocycles. The summed E-state index contributed by atoms with van der Waals surface area (Å²) in [6.07, 6.45) is 3.49. The van der Waals surface area contributed by atoms with Crippen LogP contribution in [0.2, 0.25) is 0 Å². The molecule has 1 aromatic heterocycles. The average Bonchev–Trinajstić information content (AvgIpc) is 3.06. The van der Waals surface area contributed by atoms with Crippen LogP contribution in [0.3, 0.4) is 0 Å². The lowest BCUT2D eigenvalue weighted by Crippen LogP contribution is -2.45. The van der Waals surface area contributed by atoms with E-state index in [2.05, 4.69) is 10.6 Å². The Morgan fingerprint density at radius 2 is 1.83 bits per heavy atom. The molecule has 0 unspecified atom stereocenters. The summed E-state index contributed by atoms with van der Waals surface area (Å²) >= 11 is 0. The van der Waals surface area contributed by atoms with Gasteiger partial charge in [0.15, 0.2) is 5.76 Å². The van der Waals surface area contributed by atoms with E-state index in [4.69, 9.17) is 4.52 Å². The summed E-state index contributed by atoms with van der Waals surface area (Å²) < 4.78 is 5.49. The lowest BCUT2D eigenvalue weighted by Gasteiger charge is -2.26. The van der Waals surface area contributed by atoms with Gasteiger partial charge in [-0.05, 0) is 31.0 Å². The van der Waals surface area contributed by atoms with Crippen molar-refractivity contribution in [1.29, 1.82) is 0 Å². The van der Waals surface area contributed by atoms with Gasteiger partial charge >= 0.3 is 0 Å². The van der Waals surface area contributed by atoms with Crippen molar-refractivity contribution >= 4 is 16.8 Å². The molecule has 5 nitrogen and oxygen atoms in total. The molecule has 3 aromatic rings. The van der Waals surface area contributed by atoms with Gasteiger partial charge in [-0.2, -0.15) is 0 Å². The fourth-order valence-electron chi connectivity index (χ4n) is 3.09. The van der Waals surface area contributed by atoms with Gasteiger partial charge in [0.25, 0.3) is 5.91 Å². The topological polar surface area (TPSA) is 58.4 Å². The standard InChI is InChI=1S/C19H19N3O2/c23-19(20-22-11-5-2-6-12-22)15-9-10-17-16(13-15)18(24-21-17)14-7-3-1-4-8-14/h1,3-4,7-10,13H,2,5-6,11-12H2,(H,20,23). The Morgan fingerprint density at radius 1 is 1.04 bits per heavy atom. The Bertz CT molecular complexity index is 851. The molecule has 0 radical (unpaired) electrons. The number of hydrogen-bond donors (Lipinski definition) is 1. The summed E-state index contributed by atoms with van der Waals surface area (Å²) in [7, 11) is 0. The highest BCUT2D eigenvalue weighted by molar-refractivity contribution is 6.00. The van der Waals surface area contributed by atoms with Crippen LogP contribution in [0.5, 0.6) is 0 Å². The molecule has 0 spiro atoms. The number of piperidine rings is 1. The van der Waals surface area contributed by atoms with E-state index >= 15 is 0 Å². The predicted octanol–water partition coefficient (Wildman–Crippen LogP) is 3.63. The molecule has 122 valence electrons. The van der Waals surface area contributed by atoms with Crippen LogP contribution in [-0.4, -0.2) is 29.2 Å². The van der Waals surface area contributed by atoms with Crippen LogP contribution < -0.4 is 5.43 Å². The molecule has 0 saturated carbocycles. The largest absolute Gasteiger partial charge is 0.355 e. The van der Waals surface area contributed by atoms with Crippen molar-refractivity contribution in [3.05, 3.63) is 54.1 Å². The lowest BCUT2D eigenvalue weighted by atomic mass is 10.1. The van der Waals surface area contributed by atoms with E-state index in [0.29, 0.717) is 11.3 Å². The van der Waals surface area contributed by atoms with Crippen LogP contribution in [0, 0.1) is 0 Å². The van der Waals surface area contributed by atoms with E-state index in [0.717, 1.165) is 42.4 Å². The first-order valence-electron chi connectivity index (χ1n) is 8.32. The maximum absolute atomic E-state index is 12.5. The van der Waals surface area contributed by atoms with Gasteiger partial charge in [0.1, 0.15) is 5.52 Å². The Balaban J connectivity index is 1.63. The number of carbonyl (C=O) groups is 1. The molecule has 5 heteroatoms. The first kappa shape index (κ1) is 14.9. The molecule has 2 aromatic carbocycles. The lowest BCUT2D eigenvalue weighted by molar-refractivity contribution is 0.0750. The van der Waals surface area contributed by atoms with Gasteiger partial charge in [-0.1, -0.05) is 41.9 Å². The summed E-state index contributed by atoms with van der Waals surface area (Å²) in [6, 6.07) is 15.3. The Kier molecular flexibility index (Phi) is 4.01. The number of rotatable bonds is 3. The minimum absolute atomic E-state index is 0.0842. The summed E-state index contributed by atoms with van der Waals surface area (Å²) in [5.74, 6) is 0.609. The molecule has 1 saturated heterocycles. The van der Waals surface area contributed by atoms with Gasteiger partial charge in [-0.25, -0.2) is 5.01 Å². The quantitative estimate of drug-likeness (QED) is 0.800. The number of amides is 1. The summed E-state index contributed by atoms with van der Waals surface area (Å²) in [6.45, 7) is 1.83. The van der Waals surface area contributed by atoms with E-state index in [1.165, 1.54) is 6.42 Å². The van der Waals surface area contributed by atoms with Crippen LogP contribution in [-0.2, 0) is 0 Å². The Labute approximate surface area is 140 Å². The van der Waals surface area contributed by atoms with Crippen molar-refractivity contribution in [2.24, 2.45) is 0 Å². The molecule has 2 heterocycles. The summed E-state index contributed by atoms with van der Waals surface area (Å²) in [5, 5.41) is 6.95. The van der Waals surface area contributed by atoms with Crippen LogP contribution >= 0.6 is 0 Å². The number of carbonyl (C=O) groups excluding carboxylic acids is 1. The second-order valence-electron chi connectivity index (χ2n) is 6.10. The van der Waals surface area contributed by atoms with Crippen molar-refractivity contribution in [3.8, 4) is 11.3 Å². The van der Waals surface area contributed by atoms with Crippen molar-refractivity contribution in [2.75, 3.05) is 13.1 Å². The Hall–Kier alpha value is -2.66. The SMILES string of the molecule is O=C(NN1CCCCC1)c1ccc2noc(-c3ccccc3)c2c1. The molecule has 1 fully saturated rings. The second kappa shape index (κ2) is 6.45. The fraction of sp³-hybridized carbons (Fsp3) is 0.263. The van der Waals surface area contributed by atoms with Gasteiger partial charge in [-0.3, -0.25) is 10.2 Å². The minimum Gasteiger partial charge on any atom is -0.355 e. The molecular weight excluding hydrogens is 302 g/mol. The second-order valence-corrected chi connectivity index (χ2v) is 6.10. The van der Waals surface area contributed by atoms with Crippen LogP contribution in [0.1, 0.15) is 29.6 Å². The predicted molar refractivity (Wildman–Crippen MR) is 92.3 cm³/mol. The molecule has 0 bridgehead atoms. The average molecular weight is 321 g/mol. The molecular formula is C19H19N3O2. The number of fused-ring (bicyclic) bond motifs is 1. The number of hydrogen-bond acceptors (Lipinski definition) is 4. The first-order valence-corrected chi connectivity index (χ1v) is 8.32. The zero-order valence-electron chi connectivity index (χ0n) is 13.4. The number of nitrogens with one attached hydrogen (secondary N) is 1. The number of aromatic nitrogens is 1. The number of hydrazine groups is 1. The minimum atomic E-state index is -0.0842. The molecule has 1 N–H and O–H groups in total. The monoisotopic (exact) mass is 321 g/mol. The number of nitrogens with zero attached hydrogens (tertiary/aromatic N) is 2. The van der Waals surface area contributed by atoms with Gasteiger partial charge in [0, 0.05) is 24.2 Å². The highest BCUT2D eigenvalue weighted by atomic mass is 16.5. The number of benzene rings is 2. The third-order valence-electron chi connectivity index (χ3n) is 4.39. The van der Waals surface area contributed by atoms with E-state index in [1.807, 2.05) is 47.5 Å². The van der Waals surface area contributed by atoms with E-state index in [1.54, 1.807) is 6.07 Å². The third kappa shape index (κ3) is 2.90. The van der Waals surface area contributed by atoms with Crippen LogP contribution in [0.15, 0.2) is 53.1 Å². The van der Waals surface area contributed by atoms with E-state index in [-0.39, 0.29) is 5.91 Å². The molecule has 0 atom stereocenters. The molecule has 1 aliphatic rings. The molecule has 4 rings (SSSR count). The van der Waals surface area contributed by atoms with Gasteiger partial charge < -0.3 is 4.52 Å². The van der Waals surface area contributed by atoms with Crippen molar-refractivity contribution in [2.45, 2.75) is 19.3 Å². The van der Waals surface area contributed by atoms with Crippen molar-refractivity contribution in [3.63, 3.8) is 0 Å². The molecule has 1 aliphatic heterocycles. The zero-order valence-corrected chi connectivity index (χ0v) is 13.4. The highest BCUT2D eigenvalue weighted by Gasteiger charge is 2.17. The van der Waals surface area contributed by atoms with Crippen molar-refractivity contribution in [1.82, 2.24) is 15.6 Å². The maximum Gasteiger partial charge on any atom is 0.265 e. The van der Waals surface area contributed by atoms with E-state index < -0.39 is 0 Å².